The van der Waals surface area contributed by atoms with Gasteiger partial charge in [-0.2, -0.15) is 0 Å². The van der Waals surface area contributed by atoms with Gasteiger partial charge in [0.1, 0.15) is 6.61 Å². The Bertz CT molecular complexity index is 978. The van der Waals surface area contributed by atoms with E-state index in [4.69, 9.17) is 9.84 Å². The van der Waals surface area contributed by atoms with E-state index in [9.17, 15) is 19.5 Å². The average Bonchev–Trinajstić information content (AvgIpc) is 3.13. The molecule has 2 aromatic rings. The third-order valence-corrected chi connectivity index (χ3v) is 6.01. The molecule has 33 heavy (non-hydrogen) atoms. The number of amides is 2. The zero-order chi connectivity index (χ0) is 24.0. The van der Waals surface area contributed by atoms with E-state index in [1.54, 1.807) is 0 Å². The molecule has 4 N–H and O–H groups in total. The summed E-state index contributed by atoms with van der Waals surface area (Å²) in [6.07, 6.45) is -0.000536. The fourth-order valence-electron chi connectivity index (χ4n) is 3.92. The number of hydrogen-bond acceptors (Lipinski definition) is 5. The number of aliphatic carboxylic acids is 1. The number of aliphatic hydroxyl groups is 1. The van der Waals surface area contributed by atoms with Gasteiger partial charge in [-0.05, 0) is 41.5 Å². The quantitative estimate of drug-likeness (QED) is 0.438. The number of fused-ring (bicyclic) bond motifs is 3. The van der Waals surface area contributed by atoms with Crippen molar-refractivity contribution in [2.45, 2.75) is 38.1 Å². The lowest BCUT2D eigenvalue weighted by molar-refractivity contribution is -0.148. The Morgan fingerprint density at radius 3 is 2.18 bits per heavy atom. The maximum atomic E-state index is 12.3. The Morgan fingerprint density at radius 2 is 1.64 bits per heavy atom. The minimum Gasteiger partial charge on any atom is -0.479 e. The highest BCUT2D eigenvalue weighted by Crippen LogP contribution is 2.44. The molecule has 0 saturated heterocycles. The zero-order valence-corrected chi connectivity index (χ0v) is 18.8. The van der Waals surface area contributed by atoms with Crippen LogP contribution < -0.4 is 10.6 Å². The number of hydrogen-bond donors (Lipinski definition) is 4. The second-order valence-electron chi connectivity index (χ2n) is 8.69. The predicted molar refractivity (Wildman–Crippen MR) is 123 cm³/mol. The number of carboxylic acids is 1. The van der Waals surface area contributed by atoms with Crippen molar-refractivity contribution in [1.29, 1.82) is 0 Å². The van der Waals surface area contributed by atoms with Gasteiger partial charge in [-0.15, -0.1) is 0 Å². The van der Waals surface area contributed by atoms with Crippen LogP contribution in [0.2, 0.25) is 0 Å². The molecular weight excluding hydrogens is 424 g/mol. The lowest BCUT2D eigenvalue weighted by atomic mass is 9.98. The van der Waals surface area contributed by atoms with Gasteiger partial charge in [-0.3, -0.25) is 4.79 Å². The largest absolute Gasteiger partial charge is 0.479 e. The van der Waals surface area contributed by atoms with Crippen LogP contribution in [0.4, 0.5) is 4.79 Å². The summed E-state index contributed by atoms with van der Waals surface area (Å²) >= 11 is 0. The second kappa shape index (κ2) is 10.5. The summed E-state index contributed by atoms with van der Waals surface area (Å²) < 4.78 is 5.50. The molecule has 0 heterocycles. The van der Waals surface area contributed by atoms with Crippen LogP contribution in [-0.2, 0) is 14.3 Å². The summed E-state index contributed by atoms with van der Waals surface area (Å²) in [4.78, 5) is 35.4. The van der Waals surface area contributed by atoms with Crippen molar-refractivity contribution in [3.8, 4) is 11.1 Å². The highest BCUT2D eigenvalue weighted by Gasteiger charge is 2.34. The van der Waals surface area contributed by atoms with E-state index in [2.05, 4.69) is 34.9 Å². The molecular formula is C25H30N2O6. The number of benzene rings is 2. The third kappa shape index (κ3) is 5.70. The van der Waals surface area contributed by atoms with Crippen LogP contribution in [0.3, 0.4) is 0 Å². The topological polar surface area (TPSA) is 125 Å². The highest BCUT2D eigenvalue weighted by atomic mass is 16.5. The van der Waals surface area contributed by atoms with Gasteiger partial charge in [0.15, 0.2) is 5.54 Å². The summed E-state index contributed by atoms with van der Waals surface area (Å²) in [6.45, 7) is 2.97. The van der Waals surface area contributed by atoms with Crippen molar-refractivity contribution < 1.29 is 29.3 Å². The van der Waals surface area contributed by atoms with Crippen molar-refractivity contribution in [3.63, 3.8) is 0 Å². The van der Waals surface area contributed by atoms with E-state index < -0.39 is 30.1 Å². The molecule has 0 radical (unpaired) electrons. The molecule has 2 aromatic carbocycles. The third-order valence-electron chi connectivity index (χ3n) is 6.01. The van der Waals surface area contributed by atoms with E-state index in [0.717, 1.165) is 22.3 Å². The second-order valence-corrected chi connectivity index (χ2v) is 8.69. The van der Waals surface area contributed by atoms with Gasteiger partial charge in [0.05, 0.1) is 6.61 Å². The Morgan fingerprint density at radius 1 is 1.06 bits per heavy atom. The summed E-state index contributed by atoms with van der Waals surface area (Å²) in [5.74, 6) is -1.81. The molecule has 0 aromatic heterocycles. The van der Waals surface area contributed by atoms with Crippen LogP contribution in [0.15, 0.2) is 48.5 Å². The van der Waals surface area contributed by atoms with Crippen molar-refractivity contribution in [3.05, 3.63) is 59.7 Å². The number of nitrogens with one attached hydrogen (secondary N) is 2. The summed E-state index contributed by atoms with van der Waals surface area (Å²) in [6, 6.07) is 16.2. The van der Waals surface area contributed by atoms with Gasteiger partial charge < -0.3 is 25.6 Å². The Kier molecular flexibility index (Phi) is 7.71. The number of aliphatic hydroxyl groups excluding tert-OH is 1. The predicted octanol–water partition coefficient (Wildman–Crippen LogP) is 2.89. The van der Waals surface area contributed by atoms with Crippen molar-refractivity contribution >= 4 is 18.0 Å². The van der Waals surface area contributed by atoms with Crippen LogP contribution in [0.1, 0.15) is 43.7 Å². The maximum Gasteiger partial charge on any atom is 0.407 e. The normalized spacial score (nSPS) is 15.0. The van der Waals surface area contributed by atoms with Crippen molar-refractivity contribution in [1.82, 2.24) is 10.6 Å². The number of carbonyl (C=O) groups is 3. The van der Waals surface area contributed by atoms with Gasteiger partial charge in [0, 0.05) is 18.9 Å². The molecule has 1 aliphatic carbocycles. The van der Waals surface area contributed by atoms with E-state index in [1.165, 1.54) is 6.92 Å². The van der Waals surface area contributed by atoms with Crippen LogP contribution in [0, 0.1) is 5.92 Å². The van der Waals surface area contributed by atoms with Gasteiger partial charge >= 0.3 is 12.1 Å². The van der Waals surface area contributed by atoms with Crippen LogP contribution in [-0.4, -0.2) is 53.5 Å². The van der Waals surface area contributed by atoms with Crippen LogP contribution in [0.5, 0.6) is 0 Å². The fourth-order valence-corrected chi connectivity index (χ4v) is 3.92. The fraction of sp³-hybridized carbons (Fsp3) is 0.400. The maximum absolute atomic E-state index is 12.3. The van der Waals surface area contributed by atoms with Gasteiger partial charge in [0.2, 0.25) is 5.91 Å². The SMILES string of the molecule is CC(CCC(=O)NC(C)(CO)C(=O)O)CNC(=O)OCC1c2ccccc2-c2ccccc21. The first-order valence-electron chi connectivity index (χ1n) is 11.0. The molecule has 176 valence electrons. The number of rotatable bonds is 10. The summed E-state index contributed by atoms with van der Waals surface area (Å²) in [5, 5.41) is 23.4. The first-order chi connectivity index (χ1) is 15.7. The highest BCUT2D eigenvalue weighted by molar-refractivity contribution is 5.86. The molecule has 0 bridgehead atoms. The minimum absolute atomic E-state index is 0.0145. The van der Waals surface area contributed by atoms with Gasteiger partial charge in [-0.25, -0.2) is 9.59 Å². The molecule has 0 aliphatic heterocycles. The van der Waals surface area contributed by atoms with Gasteiger partial charge in [-0.1, -0.05) is 55.5 Å². The molecule has 2 unspecified atom stereocenters. The summed E-state index contributed by atoms with van der Waals surface area (Å²) in [7, 11) is 0. The molecule has 0 saturated carbocycles. The molecule has 0 fully saturated rings. The summed E-state index contributed by atoms with van der Waals surface area (Å²) in [5.41, 5.74) is 2.90. The van der Waals surface area contributed by atoms with Crippen LogP contribution in [0.25, 0.3) is 11.1 Å². The molecule has 8 heteroatoms. The Balaban J connectivity index is 1.44. The molecule has 1 aliphatic rings. The number of alkyl carbamates (subject to hydrolysis) is 1. The van der Waals surface area contributed by atoms with Gasteiger partial charge in [0.25, 0.3) is 0 Å². The van der Waals surface area contributed by atoms with Crippen LogP contribution >= 0.6 is 0 Å². The Hall–Kier alpha value is -3.39. The molecule has 0 spiro atoms. The smallest absolute Gasteiger partial charge is 0.407 e. The minimum atomic E-state index is -1.71. The van der Waals surface area contributed by atoms with Crippen molar-refractivity contribution in [2.75, 3.05) is 19.8 Å². The van der Waals surface area contributed by atoms with Crippen molar-refractivity contribution in [2.24, 2.45) is 5.92 Å². The monoisotopic (exact) mass is 454 g/mol. The lowest BCUT2D eigenvalue weighted by Crippen LogP contribution is -2.54. The zero-order valence-electron chi connectivity index (χ0n) is 18.8. The number of carbonyl (C=O) groups excluding carboxylic acids is 2. The standard InChI is InChI=1S/C25H30N2O6/c1-16(11-12-22(29)27-25(2,15-28)23(30)31)13-26-24(32)33-14-21-19-9-5-3-7-17(19)18-8-4-6-10-20(18)21/h3-10,16,21,28H,11-15H2,1-2H3,(H,26,32)(H,27,29)(H,30,31). The van der Waals surface area contributed by atoms with E-state index in [0.29, 0.717) is 13.0 Å². The molecule has 3 rings (SSSR count). The molecule has 8 nitrogen and oxygen atoms in total. The lowest BCUT2D eigenvalue weighted by Gasteiger charge is -2.24. The number of carboxylic acid groups (broad SMARTS) is 1. The first kappa shape index (κ1) is 24.3. The number of ether oxygens (including phenoxy) is 1. The van der Waals surface area contributed by atoms with E-state index in [-0.39, 0.29) is 24.9 Å². The van der Waals surface area contributed by atoms with E-state index >= 15 is 0 Å². The average molecular weight is 455 g/mol. The molecule has 2 amide bonds. The van der Waals surface area contributed by atoms with E-state index in [1.807, 2.05) is 31.2 Å². The first-order valence-corrected chi connectivity index (χ1v) is 11.0. The Labute approximate surface area is 193 Å². The molecule has 2 atom stereocenters.